The molecule has 20 heavy (non-hydrogen) atoms. The fraction of sp³-hybridized carbons (Fsp3) is 0.538. The van der Waals surface area contributed by atoms with Gasteiger partial charge in [-0.2, -0.15) is 8.78 Å². The van der Waals surface area contributed by atoms with Crippen LogP contribution in [0.25, 0.3) is 0 Å². The Bertz CT molecular complexity index is 488. The van der Waals surface area contributed by atoms with Crippen LogP contribution >= 0.6 is 0 Å². The molecule has 0 atom stereocenters. The minimum Gasteiger partial charge on any atom is -0.372 e. The van der Waals surface area contributed by atoms with Crippen molar-refractivity contribution in [1.82, 2.24) is 0 Å². The second kappa shape index (κ2) is 6.19. The van der Waals surface area contributed by atoms with E-state index in [0.717, 1.165) is 6.07 Å². The Morgan fingerprint density at radius 1 is 1.25 bits per heavy atom. The van der Waals surface area contributed by atoms with Gasteiger partial charge in [0.15, 0.2) is 0 Å². The zero-order chi connectivity index (χ0) is 15.5. The number of rotatable bonds is 6. The summed E-state index contributed by atoms with van der Waals surface area (Å²) in [7, 11) is 0. The standard InChI is InChI=1S/C13H16F4N2O/c1-4-19(5-2)9-6-8(3)11(18-20)10(7-9)13(16,17)12(14)15/h6-7,12H,4-5H2,1-3H3. The third-order valence-electron chi connectivity index (χ3n) is 3.14. The average Bonchev–Trinajstić information content (AvgIpc) is 2.39. The molecular formula is C13H16F4N2O. The molecule has 0 heterocycles. The van der Waals surface area contributed by atoms with Gasteiger partial charge >= 0.3 is 12.3 Å². The highest BCUT2D eigenvalue weighted by Crippen LogP contribution is 2.43. The van der Waals surface area contributed by atoms with Crippen molar-refractivity contribution < 1.29 is 17.6 Å². The van der Waals surface area contributed by atoms with Gasteiger partial charge in [-0.15, -0.1) is 4.91 Å². The number of hydrogen-bond acceptors (Lipinski definition) is 3. The summed E-state index contributed by atoms with van der Waals surface area (Å²) in [5, 5.41) is 2.49. The molecule has 1 aromatic carbocycles. The lowest BCUT2D eigenvalue weighted by Gasteiger charge is -2.25. The van der Waals surface area contributed by atoms with Crippen LogP contribution in [0.1, 0.15) is 25.0 Å². The molecule has 1 aromatic rings. The number of alkyl halides is 4. The van der Waals surface area contributed by atoms with Gasteiger partial charge < -0.3 is 4.90 Å². The number of nitroso groups, excluding NO2 is 1. The maximum atomic E-state index is 13.6. The van der Waals surface area contributed by atoms with Crippen LogP contribution < -0.4 is 4.90 Å². The summed E-state index contributed by atoms with van der Waals surface area (Å²) in [6.45, 7) is 6.09. The van der Waals surface area contributed by atoms with E-state index < -0.39 is 23.6 Å². The van der Waals surface area contributed by atoms with E-state index in [1.165, 1.54) is 13.0 Å². The second-order valence-electron chi connectivity index (χ2n) is 4.35. The Morgan fingerprint density at radius 2 is 1.80 bits per heavy atom. The number of aryl methyl sites for hydroxylation is 1. The molecule has 3 nitrogen and oxygen atoms in total. The van der Waals surface area contributed by atoms with E-state index in [1.807, 2.05) is 13.8 Å². The van der Waals surface area contributed by atoms with Crippen molar-refractivity contribution in [2.75, 3.05) is 18.0 Å². The predicted molar refractivity (Wildman–Crippen MR) is 70.1 cm³/mol. The lowest BCUT2D eigenvalue weighted by atomic mass is 10.0. The minimum absolute atomic E-state index is 0.153. The van der Waals surface area contributed by atoms with E-state index in [-0.39, 0.29) is 5.56 Å². The highest BCUT2D eigenvalue weighted by atomic mass is 19.3. The number of anilines is 1. The first-order valence-corrected chi connectivity index (χ1v) is 6.18. The normalized spacial score (nSPS) is 11.8. The molecule has 0 spiro atoms. The van der Waals surface area contributed by atoms with Gasteiger partial charge in [0.2, 0.25) is 0 Å². The molecule has 0 saturated heterocycles. The fourth-order valence-corrected chi connectivity index (χ4v) is 2.02. The summed E-state index contributed by atoms with van der Waals surface area (Å²) in [4.78, 5) is 12.4. The van der Waals surface area contributed by atoms with Crippen molar-refractivity contribution in [3.8, 4) is 0 Å². The van der Waals surface area contributed by atoms with Gasteiger partial charge in [0, 0.05) is 18.8 Å². The number of benzene rings is 1. The van der Waals surface area contributed by atoms with Crippen molar-refractivity contribution in [1.29, 1.82) is 0 Å². The van der Waals surface area contributed by atoms with Gasteiger partial charge in [0.05, 0.1) is 5.56 Å². The first kappa shape index (κ1) is 16.4. The molecule has 0 fully saturated rings. The molecule has 0 radical (unpaired) electrons. The summed E-state index contributed by atoms with van der Waals surface area (Å²) in [5.74, 6) is -4.41. The predicted octanol–water partition coefficient (Wildman–Crippen LogP) is 4.60. The number of hydrogen-bond donors (Lipinski definition) is 0. The number of halogens is 4. The van der Waals surface area contributed by atoms with Crippen molar-refractivity contribution in [2.24, 2.45) is 5.18 Å². The van der Waals surface area contributed by atoms with Crippen LogP contribution in [0, 0.1) is 11.8 Å². The number of nitrogens with zero attached hydrogens (tertiary/aromatic N) is 2. The Morgan fingerprint density at radius 3 is 2.20 bits per heavy atom. The third kappa shape index (κ3) is 2.91. The Hall–Kier alpha value is -1.66. The summed E-state index contributed by atoms with van der Waals surface area (Å²) < 4.78 is 52.3. The summed E-state index contributed by atoms with van der Waals surface area (Å²) >= 11 is 0. The molecule has 0 N–H and O–H groups in total. The first-order chi connectivity index (χ1) is 9.29. The first-order valence-electron chi connectivity index (χ1n) is 6.18. The van der Waals surface area contributed by atoms with Crippen LogP contribution in [0.5, 0.6) is 0 Å². The van der Waals surface area contributed by atoms with Crippen LogP contribution in [-0.4, -0.2) is 19.5 Å². The Balaban J connectivity index is 3.52. The van der Waals surface area contributed by atoms with Crippen LogP contribution in [0.15, 0.2) is 17.3 Å². The van der Waals surface area contributed by atoms with Gasteiger partial charge in [-0.25, -0.2) is 8.78 Å². The smallest absolute Gasteiger partial charge is 0.334 e. The molecule has 0 aliphatic carbocycles. The van der Waals surface area contributed by atoms with Crippen molar-refractivity contribution in [3.63, 3.8) is 0 Å². The molecule has 0 amide bonds. The molecular weight excluding hydrogens is 276 g/mol. The van der Waals surface area contributed by atoms with Crippen LogP contribution in [-0.2, 0) is 5.92 Å². The lowest BCUT2D eigenvalue weighted by molar-refractivity contribution is -0.134. The lowest BCUT2D eigenvalue weighted by Crippen LogP contribution is -2.26. The molecule has 0 aliphatic heterocycles. The highest BCUT2D eigenvalue weighted by Gasteiger charge is 2.45. The quantitative estimate of drug-likeness (QED) is 0.567. The molecule has 0 saturated carbocycles. The molecule has 0 aliphatic rings. The molecule has 1 rings (SSSR count). The monoisotopic (exact) mass is 292 g/mol. The summed E-state index contributed by atoms with van der Waals surface area (Å²) in [5.41, 5.74) is -1.12. The SMILES string of the molecule is CCN(CC)c1cc(C)c(N=O)c(C(F)(F)C(F)F)c1. The third-order valence-corrected chi connectivity index (χ3v) is 3.14. The zero-order valence-electron chi connectivity index (χ0n) is 11.5. The second-order valence-corrected chi connectivity index (χ2v) is 4.35. The van der Waals surface area contributed by atoms with E-state index in [1.54, 1.807) is 4.90 Å². The van der Waals surface area contributed by atoms with Gasteiger partial charge in [0.25, 0.3) is 0 Å². The van der Waals surface area contributed by atoms with E-state index in [9.17, 15) is 22.5 Å². The van der Waals surface area contributed by atoms with Gasteiger partial charge in [0.1, 0.15) is 5.69 Å². The van der Waals surface area contributed by atoms with Crippen LogP contribution in [0.4, 0.5) is 28.9 Å². The molecule has 0 aromatic heterocycles. The van der Waals surface area contributed by atoms with E-state index in [2.05, 4.69) is 5.18 Å². The Kier molecular flexibility index (Phi) is 5.08. The largest absolute Gasteiger partial charge is 0.372 e. The van der Waals surface area contributed by atoms with Gasteiger partial charge in [-0.05, 0) is 43.6 Å². The van der Waals surface area contributed by atoms with Crippen molar-refractivity contribution >= 4 is 11.4 Å². The van der Waals surface area contributed by atoms with Crippen LogP contribution in [0.3, 0.4) is 0 Å². The maximum Gasteiger partial charge on any atom is 0.334 e. The molecule has 0 unspecified atom stereocenters. The zero-order valence-corrected chi connectivity index (χ0v) is 11.5. The highest BCUT2D eigenvalue weighted by molar-refractivity contribution is 5.64. The summed E-state index contributed by atoms with van der Waals surface area (Å²) in [6, 6.07) is 2.41. The van der Waals surface area contributed by atoms with E-state index in [4.69, 9.17) is 0 Å². The maximum absolute atomic E-state index is 13.6. The Labute approximate surface area is 114 Å². The average molecular weight is 292 g/mol. The minimum atomic E-state index is -4.41. The van der Waals surface area contributed by atoms with E-state index >= 15 is 0 Å². The van der Waals surface area contributed by atoms with Gasteiger partial charge in [-0.1, -0.05) is 0 Å². The topological polar surface area (TPSA) is 32.7 Å². The fourth-order valence-electron chi connectivity index (χ4n) is 2.02. The van der Waals surface area contributed by atoms with E-state index in [0.29, 0.717) is 18.8 Å². The van der Waals surface area contributed by atoms with Gasteiger partial charge in [-0.3, -0.25) is 0 Å². The molecule has 7 heteroatoms. The van der Waals surface area contributed by atoms with Crippen LogP contribution in [0.2, 0.25) is 0 Å². The molecule has 112 valence electrons. The van der Waals surface area contributed by atoms with Crippen molar-refractivity contribution in [2.45, 2.75) is 33.1 Å². The summed E-state index contributed by atoms with van der Waals surface area (Å²) in [6.07, 6.45) is -3.89. The van der Waals surface area contributed by atoms with Crippen molar-refractivity contribution in [3.05, 3.63) is 28.2 Å². The molecule has 0 bridgehead atoms.